The molecule has 10 aromatic carbocycles. The topological polar surface area (TPSA) is 16.4 Å². The molecule has 0 aliphatic heterocycles. The summed E-state index contributed by atoms with van der Waals surface area (Å²) in [4.78, 5) is 2.45. The summed E-state index contributed by atoms with van der Waals surface area (Å²) in [5.41, 5.74) is 11.2. The molecule has 0 aliphatic rings. The van der Waals surface area contributed by atoms with Crippen LogP contribution in [0.4, 0.5) is 17.1 Å². The van der Waals surface area contributed by atoms with Gasteiger partial charge in [0, 0.05) is 22.1 Å². The molecule has 0 saturated carbocycles. The van der Waals surface area contributed by atoms with E-state index in [4.69, 9.17) is 4.42 Å². The van der Waals surface area contributed by atoms with Gasteiger partial charge in [0.05, 0.1) is 11.1 Å². The van der Waals surface area contributed by atoms with E-state index in [9.17, 15) is 0 Å². The van der Waals surface area contributed by atoms with E-state index in [1.807, 2.05) is 0 Å². The van der Waals surface area contributed by atoms with Gasteiger partial charge >= 0.3 is 0 Å². The van der Waals surface area contributed by atoms with Crippen molar-refractivity contribution >= 4 is 89.4 Å². The fourth-order valence-corrected chi connectivity index (χ4v) is 14.4. The maximum Gasteiger partial charge on any atom is 0.179 e. The predicted molar refractivity (Wildman–Crippen MR) is 267 cm³/mol. The molecule has 11 aromatic rings. The molecule has 296 valence electrons. The van der Waals surface area contributed by atoms with Crippen molar-refractivity contribution in [2.24, 2.45) is 0 Å². The van der Waals surface area contributed by atoms with Gasteiger partial charge in [0.2, 0.25) is 0 Å². The average molecular weight is 812 g/mol. The van der Waals surface area contributed by atoms with E-state index in [1.54, 1.807) is 0 Å². The number of hydrogen-bond donors (Lipinski definition) is 0. The zero-order valence-electron chi connectivity index (χ0n) is 35.1. The Balaban J connectivity index is 1.18. The van der Waals surface area contributed by atoms with Crippen LogP contribution in [0.3, 0.4) is 0 Å². The van der Waals surface area contributed by atoms with Crippen molar-refractivity contribution in [1.82, 2.24) is 0 Å². The van der Waals surface area contributed by atoms with Gasteiger partial charge < -0.3 is 9.32 Å². The fraction of sp³-hybridized carbons (Fsp3) is 0.0508. The van der Waals surface area contributed by atoms with Gasteiger partial charge in [0.25, 0.3) is 0 Å². The van der Waals surface area contributed by atoms with Crippen LogP contribution in [0.2, 0.25) is 0 Å². The highest BCUT2D eigenvalue weighted by molar-refractivity contribution is 7.20. The van der Waals surface area contributed by atoms with Gasteiger partial charge in [-0.3, -0.25) is 0 Å². The van der Waals surface area contributed by atoms with E-state index in [0.29, 0.717) is 0 Å². The SMILES string of the molecule is Cc1ccc([Si](c2ccc(C)cc2)(c2ccc(C)cc2)c2cccc(N(c3ccc(-c4cccc5ccccc45)cc3)c3cccc4oc5c6ccccc6ccc5c34)c2)cc1. The second-order valence-corrected chi connectivity index (χ2v) is 20.5. The summed E-state index contributed by atoms with van der Waals surface area (Å²) in [5.74, 6) is 0. The molecule has 0 bridgehead atoms. The Kier molecular flexibility index (Phi) is 9.21. The molecule has 3 heteroatoms. The highest BCUT2D eigenvalue weighted by atomic mass is 28.3. The highest BCUT2D eigenvalue weighted by Crippen LogP contribution is 2.44. The number of furan rings is 1. The van der Waals surface area contributed by atoms with Crippen molar-refractivity contribution in [1.29, 1.82) is 0 Å². The molecule has 2 nitrogen and oxygen atoms in total. The number of benzene rings is 10. The van der Waals surface area contributed by atoms with Crippen LogP contribution in [-0.4, -0.2) is 8.07 Å². The molecule has 0 N–H and O–H groups in total. The minimum Gasteiger partial charge on any atom is -0.455 e. The van der Waals surface area contributed by atoms with Crippen molar-refractivity contribution in [3.8, 4) is 11.1 Å². The minimum absolute atomic E-state index is 0.866. The van der Waals surface area contributed by atoms with E-state index in [0.717, 1.165) is 44.4 Å². The average Bonchev–Trinajstić information content (AvgIpc) is 3.71. The Labute approximate surface area is 364 Å². The first-order chi connectivity index (χ1) is 30.5. The van der Waals surface area contributed by atoms with Crippen LogP contribution in [0, 0.1) is 20.8 Å². The maximum absolute atomic E-state index is 6.81. The molecular weight excluding hydrogens is 767 g/mol. The number of anilines is 3. The van der Waals surface area contributed by atoms with Crippen LogP contribution in [0.1, 0.15) is 16.7 Å². The van der Waals surface area contributed by atoms with Crippen LogP contribution in [0.25, 0.3) is 54.6 Å². The van der Waals surface area contributed by atoms with E-state index in [2.05, 4.69) is 244 Å². The van der Waals surface area contributed by atoms with E-state index >= 15 is 0 Å². The Hall–Kier alpha value is -7.46. The summed E-state index contributed by atoms with van der Waals surface area (Å²) in [6, 6.07) is 81.1. The normalized spacial score (nSPS) is 11.8. The summed E-state index contributed by atoms with van der Waals surface area (Å²) < 4.78 is 6.81. The summed E-state index contributed by atoms with van der Waals surface area (Å²) in [5, 5.41) is 12.3. The van der Waals surface area contributed by atoms with E-state index in [-0.39, 0.29) is 0 Å². The Morgan fingerprint density at radius 2 is 0.935 bits per heavy atom. The molecule has 0 unspecified atom stereocenters. The van der Waals surface area contributed by atoms with Gasteiger partial charge in [-0.25, -0.2) is 0 Å². The lowest BCUT2D eigenvalue weighted by atomic mass is 9.98. The summed E-state index contributed by atoms with van der Waals surface area (Å²) >= 11 is 0. The molecule has 1 aromatic heterocycles. The third-order valence-electron chi connectivity index (χ3n) is 12.8. The molecule has 11 rings (SSSR count). The van der Waals surface area contributed by atoms with Gasteiger partial charge in [-0.15, -0.1) is 0 Å². The second kappa shape index (κ2) is 15.2. The lowest BCUT2D eigenvalue weighted by Gasteiger charge is -2.36. The molecular formula is C59H45NOSi. The van der Waals surface area contributed by atoms with Crippen LogP contribution in [0.5, 0.6) is 0 Å². The molecule has 0 radical (unpaired) electrons. The second-order valence-electron chi connectivity index (χ2n) is 16.7. The molecule has 0 atom stereocenters. The molecule has 0 aliphatic carbocycles. The number of nitrogens with zero attached hydrogens (tertiary/aromatic N) is 1. The third-order valence-corrected chi connectivity index (χ3v) is 17.6. The van der Waals surface area contributed by atoms with E-state index in [1.165, 1.54) is 64.7 Å². The van der Waals surface area contributed by atoms with Gasteiger partial charge in [-0.1, -0.05) is 193 Å². The molecule has 62 heavy (non-hydrogen) atoms. The number of rotatable bonds is 8. The first-order valence-corrected chi connectivity index (χ1v) is 23.5. The quantitative estimate of drug-likeness (QED) is 0.112. The van der Waals surface area contributed by atoms with E-state index < -0.39 is 8.07 Å². The molecule has 0 fully saturated rings. The van der Waals surface area contributed by atoms with Crippen LogP contribution in [-0.2, 0) is 0 Å². The zero-order valence-corrected chi connectivity index (χ0v) is 36.1. The minimum atomic E-state index is -2.89. The summed E-state index contributed by atoms with van der Waals surface area (Å²) in [6.07, 6.45) is 0. The molecule has 0 spiro atoms. The summed E-state index contributed by atoms with van der Waals surface area (Å²) in [7, 11) is -2.89. The Morgan fingerprint density at radius 1 is 0.387 bits per heavy atom. The molecule has 0 amide bonds. The van der Waals surface area contributed by atoms with Crippen LogP contribution < -0.4 is 25.6 Å². The maximum atomic E-state index is 6.81. The van der Waals surface area contributed by atoms with Crippen LogP contribution >= 0.6 is 0 Å². The van der Waals surface area contributed by atoms with Gasteiger partial charge in [0.15, 0.2) is 8.07 Å². The highest BCUT2D eigenvalue weighted by Gasteiger charge is 2.42. The molecule has 1 heterocycles. The van der Waals surface area contributed by atoms with Crippen molar-refractivity contribution in [3.63, 3.8) is 0 Å². The van der Waals surface area contributed by atoms with Gasteiger partial charge in [0.1, 0.15) is 11.2 Å². The zero-order chi connectivity index (χ0) is 41.8. The monoisotopic (exact) mass is 811 g/mol. The van der Waals surface area contributed by atoms with Crippen molar-refractivity contribution in [2.75, 3.05) is 4.90 Å². The van der Waals surface area contributed by atoms with Gasteiger partial charge in [-0.2, -0.15) is 0 Å². The standard InChI is InChI=1S/C59H45NOSi/c1-40-21-32-48(33-22-40)62(49-34-23-41(2)24-35-49,50-36-25-42(3)26-37-50)51-15-9-14-47(39-51)60(46-30-27-45(28-31-46)53-18-8-13-43-11-4-6-16-52(43)53)56-19-10-20-57-58(56)55-38-29-44-12-5-7-17-54(44)59(55)61-57/h4-39H,1-3H3. The van der Waals surface area contributed by atoms with Crippen molar-refractivity contribution in [3.05, 3.63) is 235 Å². The van der Waals surface area contributed by atoms with Crippen LogP contribution in [0.15, 0.2) is 223 Å². The van der Waals surface area contributed by atoms with Crippen molar-refractivity contribution < 1.29 is 4.42 Å². The number of aryl methyl sites for hydroxylation is 3. The first kappa shape index (κ1) is 37.5. The van der Waals surface area contributed by atoms with Crippen molar-refractivity contribution in [2.45, 2.75) is 20.8 Å². The molecule has 0 saturated heterocycles. The first-order valence-electron chi connectivity index (χ1n) is 21.5. The fourth-order valence-electron chi connectivity index (χ4n) is 9.70. The van der Waals surface area contributed by atoms with Gasteiger partial charge in [-0.05, 0) is 111 Å². The Morgan fingerprint density at radius 3 is 1.58 bits per heavy atom. The Bertz CT molecular complexity index is 3300. The predicted octanol–water partition coefficient (Wildman–Crippen LogP) is 13.3. The lowest BCUT2D eigenvalue weighted by Crippen LogP contribution is -2.74. The largest absolute Gasteiger partial charge is 0.455 e. The smallest absolute Gasteiger partial charge is 0.179 e. The number of fused-ring (bicyclic) bond motifs is 6. The number of hydrogen-bond acceptors (Lipinski definition) is 2. The lowest BCUT2D eigenvalue weighted by molar-refractivity contribution is 0.672. The third kappa shape index (κ3) is 6.24. The summed E-state index contributed by atoms with van der Waals surface area (Å²) in [6.45, 7) is 6.54.